The maximum Gasteiger partial charge on any atom is 0.335 e. The summed E-state index contributed by atoms with van der Waals surface area (Å²) in [5.74, 6) is -0.842. The zero-order valence-corrected chi connectivity index (χ0v) is 13.8. The van der Waals surface area contributed by atoms with Gasteiger partial charge >= 0.3 is 5.97 Å². The molecule has 0 fully saturated rings. The number of carbonyl (C=O) groups is 1. The summed E-state index contributed by atoms with van der Waals surface area (Å²) >= 11 is 0. The Morgan fingerprint density at radius 2 is 1.92 bits per heavy atom. The Morgan fingerprint density at radius 3 is 2.69 bits per heavy atom. The second kappa shape index (κ2) is 6.07. The van der Waals surface area contributed by atoms with E-state index in [1.807, 2.05) is 19.1 Å². The molecule has 128 valence electrons. The minimum atomic E-state index is -1.02. The molecular formula is C20H14FN3O2. The van der Waals surface area contributed by atoms with Crippen LogP contribution >= 0.6 is 0 Å². The molecule has 0 saturated heterocycles. The lowest BCUT2D eigenvalue weighted by molar-refractivity contribution is 0.0697. The number of nitrogens with zero attached hydrogens (tertiary/aromatic N) is 2. The van der Waals surface area contributed by atoms with Gasteiger partial charge in [0.25, 0.3) is 0 Å². The van der Waals surface area contributed by atoms with E-state index in [0.29, 0.717) is 17.0 Å². The molecule has 26 heavy (non-hydrogen) atoms. The van der Waals surface area contributed by atoms with E-state index in [0.717, 1.165) is 21.7 Å². The number of hydrogen-bond donors (Lipinski definition) is 2. The molecular weight excluding hydrogens is 333 g/mol. The highest BCUT2D eigenvalue weighted by molar-refractivity contribution is 6.11. The van der Waals surface area contributed by atoms with Crippen molar-refractivity contribution < 1.29 is 14.3 Å². The van der Waals surface area contributed by atoms with Gasteiger partial charge in [-0.05, 0) is 48.9 Å². The topological polar surface area (TPSA) is 75.1 Å². The Labute approximate surface area is 148 Å². The maximum absolute atomic E-state index is 13.7. The van der Waals surface area contributed by atoms with Crippen LogP contribution in [0.5, 0.6) is 0 Å². The number of anilines is 2. The van der Waals surface area contributed by atoms with Crippen molar-refractivity contribution in [1.82, 2.24) is 9.97 Å². The van der Waals surface area contributed by atoms with E-state index >= 15 is 0 Å². The van der Waals surface area contributed by atoms with Crippen molar-refractivity contribution in [2.45, 2.75) is 6.92 Å². The largest absolute Gasteiger partial charge is 0.478 e. The normalized spacial score (nSPS) is 11.0. The number of carboxylic acids is 1. The predicted molar refractivity (Wildman–Crippen MR) is 98.4 cm³/mol. The van der Waals surface area contributed by atoms with E-state index in [-0.39, 0.29) is 11.4 Å². The van der Waals surface area contributed by atoms with E-state index < -0.39 is 5.97 Å². The Hall–Kier alpha value is -3.54. The number of nitrogens with one attached hydrogen (secondary N) is 1. The van der Waals surface area contributed by atoms with Crippen molar-refractivity contribution in [3.05, 3.63) is 71.8 Å². The van der Waals surface area contributed by atoms with Crippen molar-refractivity contribution in [2.75, 3.05) is 5.32 Å². The Balaban J connectivity index is 1.95. The first-order valence-electron chi connectivity index (χ1n) is 7.96. The van der Waals surface area contributed by atoms with Crippen LogP contribution in [0.15, 0.2) is 54.9 Å². The summed E-state index contributed by atoms with van der Waals surface area (Å²) in [5, 5.41) is 14.8. The monoisotopic (exact) mass is 347 g/mol. The van der Waals surface area contributed by atoms with Crippen LogP contribution in [0, 0.1) is 12.7 Å². The van der Waals surface area contributed by atoms with Crippen LogP contribution in [0.2, 0.25) is 0 Å². The van der Waals surface area contributed by atoms with Crippen LogP contribution in [0.25, 0.3) is 21.7 Å². The summed E-state index contributed by atoms with van der Waals surface area (Å²) in [5.41, 5.74) is 2.04. The Morgan fingerprint density at radius 1 is 1.08 bits per heavy atom. The third kappa shape index (κ3) is 2.82. The number of aryl methyl sites for hydroxylation is 1. The number of fused-ring (bicyclic) bond motifs is 3. The summed E-state index contributed by atoms with van der Waals surface area (Å²) < 4.78 is 13.7. The van der Waals surface area contributed by atoms with Crippen molar-refractivity contribution >= 4 is 39.1 Å². The molecule has 0 aliphatic heterocycles. The average molecular weight is 347 g/mol. The molecule has 0 atom stereocenters. The molecule has 4 rings (SSSR count). The second-order valence-electron chi connectivity index (χ2n) is 6.06. The summed E-state index contributed by atoms with van der Waals surface area (Å²) in [4.78, 5) is 20.0. The van der Waals surface area contributed by atoms with Gasteiger partial charge in [0.1, 0.15) is 11.6 Å². The molecule has 0 aliphatic carbocycles. The third-order valence-corrected chi connectivity index (χ3v) is 4.15. The molecule has 2 aromatic carbocycles. The fraction of sp³-hybridized carbons (Fsp3) is 0.0500. The van der Waals surface area contributed by atoms with Gasteiger partial charge in [0.15, 0.2) is 0 Å². The van der Waals surface area contributed by atoms with E-state index in [9.17, 15) is 14.3 Å². The van der Waals surface area contributed by atoms with E-state index in [1.54, 1.807) is 24.5 Å². The van der Waals surface area contributed by atoms with Gasteiger partial charge in [-0.15, -0.1) is 0 Å². The van der Waals surface area contributed by atoms with Crippen LogP contribution in [0.3, 0.4) is 0 Å². The van der Waals surface area contributed by atoms with Crippen LogP contribution in [0.1, 0.15) is 15.9 Å². The van der Waals surface area contributed by atoms with Crippen LogP contribution in [-0.2, 0) is 0 Å². The standard InChI is InChI=1S/C20H14FN3O2/c1-11-6-13(21)9-14(7-11)23-19-16-4-5-22-10-17(16)15-3-2-12(20(25)26)8-18(15)24-19/h2-10H,1H3,(H,23,24)(H,25,26). The lowest BCUT2D eigenvalue weighted by Gasteiger charge is -2.12. The lowest BCUT2D eigenvalue weighted by atomic mass is 10.1. The summed E-state index contributed by atoms with van der Waals surface area (Å²) in [6, 6.07) is 11.3. The molecule has 4 aromatic rings. The first kappa shape index (κ1) is 16.0. The molecule has 0 aliphatic rings. The fourth-order valence-electron chi connectivity index (χ4n) is 3.02. The number of hydrogen-bond acceptors (Lipinski definition) is 4. The number of benzene rings is 2. The molecule has 0 bridgehead atoms. The zero-order valence-electron chi connectivity index (χ0n) is 13.8. The first-order valence-corrected chi connectivity index (χ1v) is 7.96. The van der Waals surface area contributed by atoms with Crippen LogP contribution in [-0.4, -0.2) is 21.0 Å². The molecule has 0 amide bonds. The Kier molecular flexibility index (Phi) is 3.73. The first-order chi connectivity index (χ1) is 12.5. The van der Waals surface area contributed by atoms with Gasteiger partial charge in [0, 0.05) is 34.2 Å². The molecule has 6 heteroatoms. The number of halogens is 1. The number of pyridine rings is 2. The SMILES string of the molecule is Cc1cc(F)cc(Nc2nc3cc(C(=O)O)ccc3c3cnccc23)c1. The van der Waals surface area contributed by atoms with Gasteiger partial charge in [-0.1, -0.05) is 6.07 Å². The fourth-order valence-corrected chi connectivity index (χ4v) is 3.02. The molecule has 2 N–H and O–H groups in total. The van der Waals surface area contributed by atoms with Crippen molar-refractivity contribution in [3.63, 3.8) is 0 Å². The molecule has 0 spiro atoms. The lowest BCUT2D eigenvalue weighted by Crippen LogP contribution is -2.00. The van der Waals surface area contributed by atoms with Gasteiger partial charge in [0.05, 0.1) is 11.1 Å². The van der Waals surface area contributed by atoms with Gasteiger partial charge in [-0.3, -0.25) is 4.98 Å². The highest BCUT2D eigenvalue weighted by atomic mass is 19.1. The minimum absolute atomic E-state index is 0.154. The Bertz CT molecular complexity index is 1150. The molecule has 5 nitrogen and oxygen atoms in total. The van der Waals surface area contributed by atoms with E-state index in [1.165, 1.54) is 18.2 Å². The number of rotatable bonds is 3. The smallest absolute Gasteiger partial charge is 0.335 e. The highest BCUT2D eigenvalue weighted by Crippen LogP contribution is 2.31. The van der Waals surface area contributed by atoms with Crippen molar-refractivity contribution in [3.8, 4) is 0 Å². The van der Waals surface area contributed by atoms with Gasteiger partial charge in [-0.25, -0.2) is 14.2 Å². The number of aromatic nitrogens is 2. The third-order valence-electron chi connectivity index (χ3n) is 4.15. The molecule has 2 heterocycles. The quantitative estimate of drug-likeness (QED) is 0.527. The van der Waals surface area contributed by atoms with E-state index in [4.69, 9.17) is 0 Å². The zero-order chi connectivity index (χ0) is 18.3. The summed E-state index contributed by atoms with van der Waals surface area (Å²) in [7, 11) is 0. The average Bonchev–Trinajstić information content (AvgIpc) is 2.60. The number of carboxylic acid groups (broad SMARTS) is 1. The van der Waals surface area contributed by atoms with Gasteiger partial charge in [-0.2, -0.15) is 0 Å². The summed E-state index contributed by atoms with van der Waals surface area (Å²) in [6.07, 6.45) is 3.37. The maximum atomic E-state index is 13.7. The van der Waals surface area contributed by atoms with Gasteiger partial charge in [0.2, 0.25) is 0 Å². The molecule has 2 aromatic heterocycles. The second-order valence-corrected chi connectivity index (χ2v) is 6.06. The van der Waals surface area contributed by atoms with Crippen molar-refractivity contribution in [2.24, 2.45) is 0 Å². The van der Waals surface area contributed by atoms with Crippen molar-refractivity contribution in [1.29, 1.82) is 0 Å². The number of aromatic carboxylic acids is 1. The predicted octanol–water partition coefficient (Wildman–Crippen LogP) is 4.67. The molecule has 0 radical (unpaired) electrons. The van der Waals surface area contributed by atoms with E-state index in [2.05, 4.69) is 15.3 Å². The highest BCUT2D eigenvalue weighted by Gasteiger charge is 2.12. The van der Waals surface area contributed by atoms with Crippen LogP contribution < -0.4 is 5.32 Å². The molecule has 0 saturated carbocycles. The molecule has 0 unspecified atom stereocenters. The van der Waals surface area contributed by atoms with Gasteiger partial charge < -0.3 is 10.4 Å². The summed E-state index contributed by atoms with van der Waals surface area (Å²) in [6.45, 7) is 1.81. The van der Waals surface area contributed by atoms with Crippen LogP contribution in [0.4, 0.5) is 15.9 Å². The minimum Gasteiger partial charge on any atom is -0.478 e.